The molecule has 0 amide bonds. The number of hydrogen-bond donors (Lipinski definition) is 1. The molecule has 0 saturated heterocycles. The molecule has 22 heavy (non-hydrogen) atoms. The van der Waals surface area contributed by atoms with Crippen LogP contribution in [0.1, 0.15) is 46.0 Å². The minimum atomic E-state index is 0.357. The van der Waals surface area contributed by atoms with Crippen molar-refractivity contribution in [2.24, 2.45) is 0 Å². The van der Waals surface area contributed by atoms with E-state index in [-0.39, 0.29) is 0 Å². The third-order valence-corrected chi connectivity index (χ3v) is 4.09. The van der Waals surface area contributed by atoms with E-state index in [1.54, 1.807) is 6.33 Å². The van der Waals surface area contributed by atoms with Crippen LogP contribution in [0.25, 0.3) is 0 Å². The van der Waals surface area contributed by atoms with Crippen LogP contribution in [0, 0.1) is 0 Å². The highest BCUT2D eigenvalue weighted by atomic mass is 15.3. The molecule has 0 aliphatic carbocycles. The van der Waals surface area contributed by atoms with Crippen molar-refractivity contribution < 1.29 is 0 Å². The average molecular weight is 297 g/mol. The molecule has 1 aromatic carbocycles. The van der Waals surface area contributed by atoms with Crippen molar-refractivity contribution >= 4 is 23.3 Å². The van der Waals surface area contributed by atoms with Crippen molar-refractivity contribution in [3.05, 3.63) is 30.6 Å². The highest BCUT2D eigenvalue weighted by molar-refractivity contribution is 5.66. The fourth-order valence-corrected chi connectivity index (χ4v) is 2.86. The summed E-state index contributed by atoms with van der Waals surface area (Å²) in [7, 11) is 0. The molecule has 1 N–H and O–H groups in total. The number of nitrogens with one attached hydrogen (secondary N) is 1. The number of benzene rings is 1. The Balaban J connectivity index is 1.86. The molecule has 0 fully saturated rings. The molecule has 2 aliphatic heterocycles. The Morgan fingerprint density at radius 3 is 2.68 bits per heavy atom. The van der Waals surface area contributed by atoms with E-state index in [0.29, 0.717) is 17.9 Å². The van der Waals surface area contributed by atoms with E-state index < -0.39 is 0 Å². The first-order valence-electron chi connectivity index (χ1n) is 8.13. The van der Waals surface area contributed by atoms with Gasteiger partial charge in [0.1, 0.15) is 6.33 Å². The second-order valence-corrected chi connectivity index (χ2v) is 5.85. The Hall–Kier alpha value is -2.17. The van der Waals surface area contributed by atoms with E-state index in [1.807, 2.05) is 0 Å². The molecule has 1 unspecified atom stereocenters. The minimum Gasteiger partial charge on any atom is -0.324 e. The lowest BCUT2D eigenvalue weighted by Gasteiger charge is -2.29. The lowest BCUT2D eigenvalue weighted by atomic mass is 10.1. The molecule has 1 aromatic heterocycles. The van der Waals surface area contributed by atoms with Gasteiger partial charge in [-0.25, -0.2) is 9.97 Å². The Morgan fingerprint density at radius 2 is 1.91 bits per heavy atom. The maximum atomic E-state index is 4.55. The summed E-state index contributed by atoms with van der Waals surface area (Å²) in [6.07, 6.45) is 7.81. The maximum absolute atomic E-state index is 4.55. The molecule has 5 nitrogen and oxygen atoms in total. The lowest BCUT2D eigenvalue weighted by molar-refractivity contribution is 0.562. The molecule has 3 heterocycles. The largest absolute Gasteiger partial charge is 0.324 e. The summed E-state index contributed by atoms with van der Waals surface area (Å²) in [5.74, 6) is 1.31. The standard InChI is InChI=1S/C17H23N5/c1-3-4-5-6-7-13(2)22-15-10-8-14(9-11-15)20-16-18-12-19-17(22)21-16/h8-13H,3-7H2,1-2H3,(H,18,19,20,21). The smallest absolute Gasteiger partial charge is 0.234 e. The zero-order valence-electron chi connectivity index (χ0n) is 13.3. The summed E-state index contributed by atoms with van der Waals surface area (Å²) in [6, 6.07) is 8.71. The van der Waals surface area contributed by atoms with Gasteiger partial charge >= 0.3 is 0 Å². The van der Waals surface area contributed by atoms with Crippen LogP contribution in [0.2, 0.25) is 0 Å². The summed E-state index contributed by atoms with van der Waals surface area (Å²) >= 11 is 0. The summed E-state index contributed by atoms with van der Waals surface area (Å²) in [5.41, 5.74) is 2.13. The van der Waals surface area contributed by atoms with Crippen molar-refractivity contribution in [3.63, 3.8) is 0 Å². The first kappa shape index (κ1) is 14.8. The Bertz CT molecular complexity index is 611. The number of anilines is 4. The van der Waals surface area contributed by atoms with Gasteiger partial charge in [-0.15, -0.1) is 0 Å². The first-order valence-corrected chi connectivity index (χ1v) is 8.13. The van der Waals surface area contributed by atoms with E-state index in [2.05, 4.69) is 63.3 Å². The van der Waals surface area contributed by atoms with Crippen molar-refractivity contribution in [3.8, 4) is 0 Å². The quantitative estimate of drug-likeness (QED) is 0.800. The van der Waals surface area contributed by atoms with E-state index in [0.717, 1.165) is 17.8 Å². The molecule has 4 rings (SSSR count). The molecule has 116 valence electrons. The van der Waals surface area contributed by atoms with Gasteiger partial charge in [-0.3, -0.25) is 0 Å². The highest BCUT2D eigenvalue weighted by Gasteiger charge is 2.21. The van der Waals surface area contributed by atoms with Crippen molar-refractivity contribution in [1.29, 1.82) is 0 Å². The molecule has 0 saturated carbocycles. The molecule has 0 spiro atoms. The van der Waals surface area contributed by atoms with Gasteiger partial charge in [-0.05, 0) is 37.6 Å². The van der Waals surface area contributed by atoms with Crippen molar-refractivity contribution in [2.45, 2.75) is 52.0 Å². The van der Waals surface area contributed by atoms with Crippen LogP contribution in [0.15, 0.2) is 30.6 Å². The van der Waals surface area contributed by atoms with E-state index in [9.17, 15) is 0 Å². The predicted octanol–water partition coefficient (Wildman–Crippen LogP) is 4.43. The highest BCUT2D eigenvalue weighted by Crippen LogP contribution is 2.30. The number of rotatable bonds is 6. The predicted molar refractivity (Wildman–Crippen MR) is 89.9 cm³/mol. The number of hydrogen-bond acceptors (Lipinski definition) is 5. The second-order valence-electron chi connectivity index (χ2n) is 5.85. The summed E-state index contributed by atoms with van der Waals surface area (Å²) in [5, 5.41) is 3.21. The second kappa shape index (κ2) is 6.73. The molecule has 2 aliphatic rings. The molecule has 5 heteroatoms. The maximum Gasteiger partial charge on any atom is 0.234 e. The Morgan fingerprint density at radius 1 is 1.09 bits per heavy atom. The van der Waals surface area contributed by atoms with Gasteiger partial charge in [0, 0.05) is 17.4 Å². The molecule has 1 atom stereocenters. The summed E-state index contributed by atoms with van der Waals surface area (Å²) in [6.45, 7) is 4.49. The van der Waals surface area contributed by atoms with Gasteiger partial charge in [0.05, 0.1) is 0 Å². The SMILES string of the molecule is CCCCCCC(C)N1c2ccc(cc2)Nc2ncnc1n2. The molecule has 4 bridgehead atoms. The first-order chi connectivity index (χ1) is 10.8. The van der Waals surface area contributed by atoms with Gasteiger partial charge < -0.3 is 10.2 Å². The van der Waals surface area contributed by atoms with Crippen LogP contribution in [0.5, 0.6) is 0 Å². The lowest BCUT2D eigenvalue weighted by Crippen LogP contribution is -2.30. The van der Waals surface area contributed by atoms with Crippen LogP contribution in [-0.2, 0) is 0 Å². The molecule has 2 aromatic rings. The van der Waals surface area contributed by atoms with Crippen molar-refractivity contribution in [1.82, 2.24) is 15.0 Å². The number of nitrogens with zero attached hydrogens (tertiary/aromatic N) is 4. The fraction of sp³-hybridized carbons (Fsp3) is 0.471. The summed E-state index contributed by atoms with van der Waals surface area (Å²) in [4.78, 5) is 15.3. The number of aromatic nitrogens is 3. The number of unbranched alkanes of at least 4 members (excludes halogenated alkanes) is 3. The van der Waals surface area contributed by atoms with Gasteiger partial charge in [0.2, 0.25) is 11.9 Å². The van der Waals surface area contributed by atoms with Gasteiger partial charge in [0.15, 0.2) is 0 Å². The average Bonchev–Trinajstić information content (AvgIpc) is 2.61. The zero-order valence-corrected chi connectivity index (χ0v) is 13.3. The molecular weight excluding hydrogens is 274 g/mol. The monoisotopic (exact) mass is 297 g/mol. The van der Waals surface area contributed by atoms with Crippen LogP contribution in [0.4, 0.5) is 23.3 Å². The van der Waals surface area contributed by atoms with Gasteiger partial charge in [-0.2, -0.15) is 4.98 Å². The van der Waals surface area contributed by atoms with E-state index in [1.165, 1.54) is 25.7 Å². The summed E-state index contributed by atoms with van der Waals surface area (Å²) < 4.78 is 0. The number of fused-ring (bicyclic) bond motifs is 2. The Labute approximate surface area is 131 Å². The van der Waals surface area contributed by atoms with Crippen LogP contribution in [0.3, 0.4) is 0 Å². The third-order valence-electron chi connectivity index (χ3n) is 4.09. The minimum absolute atomic E-state index is 0.357. The molecule has 0 radical (unpaired) electrons. The van der Waals surface area contributed by atoms with E-state index >= 15 is 0 Å². The van der Waals surface area contributed by atoms with Gasteiger partial charge in [-0.1, -0.05) is 32.6 Å². The molecular formula is C17H23N5. The Kier molecular flexibility index (Phi) is 4.51. The van der Waals surface area contributed by atoms with Crippen molar-refractivity contribution in [2.75, 3.05) is 10.2 Å². The van der Waals surface area contributed by atoms with E-state index in [4.69, 9.17) is 0 Å². The van der Waals surface area contributed by atoms with Crippen LogP contribution >= 0.6 is 0 Å². The third kappa shape index (κ3) is 3.18. The van der Waals surface area contributed by atoms with Crippen LogP contribution in [-0.4, -0.2) is 21.0 Å². The topological polar surface area (TPSA) is 53.9 Å². The van der Waals surface area contributed by atoms with Crippen LogP contribution < -0.4 is 10.2 Å². The van der Waals surface area contributed by atoms with Gasteiger partial charge in [0.25, 0.3) is 0 Å². The normalized spacial score (nSPS) is 14.0. The zero-order chi connectivity index (χ0) is 15.4. The fourth-order valence-electron chi connectivity index (χ4n) is 2.86.